The van der Waals surface area contributed by atoms with Gasteiger partial charge in [-0.2, -0.15) is 0 Å². The Morgan fingerprint density at radius 1 is 1.47 bits per heavy atom. The first-order chi connectivity index (χ1) is 8.91. The van der Waals surface area contributed by atoms with Crippen molar-refractivity contribution in [2.75, 3.05) is 20.7 Å². The largest absolute Gasteiger partial charge is 0.493 e. The van der Waals surface area contributed by atoms with Crippen LogP contribution in [0.1, 0.15) is 31.4 Å². The first kappa shape index (κ1) is 15.4. The number of halogens is 1. The molecule has 106 valence electrons. The van der Waals surface area contributed by atoms with Crippen LogP contribution in [0.5, 0.6) is 5.75 Å². The molecule has 0 aliphatic heterocycles. The molecule has 2 N–H and O–H groups in total. The Morgan fingerprint density at radius 2 is 2.16 bits per heavy atom. The summed E-state index contributed by atoms with van der Waals surface area (Å²) in [6.07, 6.45) is 1.05. The monoisotopic (exact) mass is 268 g/mol. The van der Waals surface area contributed by atoms with Crippen LogP contribution in [0.4, 0.5) is 4.39 Å². The van der Waals surface area contributed by atoms with Crippen LogP contribution in [-0.4, -0.2) is 31.5 Å². The highest BCUT2D eigenvalue weighted by molar-refractivity contribution is 5.75. The summed E-state index contributed by atoms with van der Waals surface area (Å²) in [4.78, 5) is 12.9. The summed E-state index contributed by atoms with van der Waals surface area (Å²) in [5.74, 6) is 0.311. The fraction of sp³-hybridized carbons (Fsp3) is 0.500. The van der Waals surface area contributed by atoms with Crippen LogP contribution < -0.4 is 10.5 Å². The highest BCUT2D eigenvalue weighted by atomic mass is 19.1. The molecule has 0 aromatic heterocycles. The number of nitrogens with zero attached hydrogens (tertiary/aromatic N) is 1. The maximum absolute atomic E-state index is 13.1. The number of amides is 1. The van der Waals surface area contributed by atoms with Gasteiger partial charge in [0.1, 0.15) is 11.6 Å². The summed E-state index contributed by atoms with van der Waals surface area (Å²) in [5.41, 5.74) is 6.41. The van der Waals surface area contributed by atoms with E-state index in [0.717, 1.165) is 0 Å². The van der Waals surface area contributed by atoms with E-state index < -0.39 is 0 Å². The molecule has 0 saturated carbocycles. The molecule has 0 heterocycles. The number of carbonyl (C=O) groups is 1. The van der Waals surface area contributed by atoms with Crippen LogP contribution in [-0.2, 0) is 4.79 Å². The van der Waals surface area contributed by atoms with Crippen molar-refractivity contribution in [3.63, 3.8) is 0 Å². The quantitative estimate of drug-likeness (QED) is 0.804. The van der Waals surface area contributed by atoms with Gasteiger partial charge in [-0.05, 0) is 31.5 Å². The van der Waals surface area contributed by atoms with Crippen molar-refractivity contribution < 1.29 is 13.9 Å². The van der Waals surface area contributed by atoms with Gasteiger partial charge in [0.2, 0.25) is 5.91 Å². The maximum atomic E-state index is 13.1. The lowest BCUT2D eigenvalue weighted by atomic mass is 10.1. The van der Waals surface area contributed by atoms with E-state index in [2.05, 4.69) is 0 Å². The molecule has 0 aliphatic rings. The SMILES string of the molecule is C[C@H](N)c1cc(F)ccc1OCCCC(=O)N(C)C. The fourth-order valence-electron chi connectivity index (χ4n) is 1.64. The number of nitrogens with two attached hydrogens (primary N) is 1. The number of rotatable bonds is 6. The van der Waals surface area contributed by atoms with Gasteiger partial charge in [-0.3, -0.25) is 4.79 Å². The minimum Gasteiger partial charge on any atom is -0.493 e. The highest BCUT2D eigenvalue weighted by Crippen LogP contribution is 2.24. The van der Waals surface area contributed by atoms with E-state index in [9.17, 15) is 9.18 Å². The molecule has 0 bridgehead atoms. The summed E-state index contributed by atoms with van der Waals surface area (Å²) in [5, 5.41) is 0. The molecule has 19 heavy (non-hydrogen) atoms. The molecule has 0 fully saturated rings. The van der Waals surface area contributed by atoms with Crippen LogP contribution in [0.15, 0.2) is 18.2 Å². The van der Waals surface area contributed by atoms with Crippen molar-refractivity contribution in [3.8, 4) is 5.75 Å². The molecular formula is C14H21FN2O2. The Kier molecular flexibility index (Phi) is 5.76. The standard InChI is InChI=1S/C14H21FN2O2/c1-10(16)12-9-11(15)6-7-13(12)19-8-4-5-14(18)17(2)3/h6-7,9-10H,4-5,8,16H2,1-3H3/t10-/m0/s1. The van der Waals surface area contributed by atoms with Crippen LogP contribution >= 0.6 is 0 Å². The number of hydrogen-bond acceptors (Lipinski definition) is 3. The van der Waals surface area contributed by atoms with Crippen molar-refractivity contribution in [1.82, 2.24) is 4.90 Å². The van der Waals surface area contributed by atoms with E-state index >= 15 is 0 Å². The predicted molar refractivity (Wildman–Crippen MR) is 72.4 cm³/mol. The number of hydrogen-bond donors (Lipinski definition) is 1. The molecule has 1 aromatic carbocycles. The summed E-state index contributed by atoms with van der Waals surface area (Å²) in [6.45, 7) is 2.18. The van der Waals surface area contributed by atoms with Gasteiger partial charge < -0.3 is 15.4 Å². The van der Waals surface area contributed by atoms with E-state index in [1.165, 1.54) is 12.1 Å². The van der Waals surface area contributed by atoms with Crippen LogP contribution in [0, 0.1) is 5.82 Å². The third kappa shape index (κ3) is 4.87. The van der Waals surface area contributed by atoms with E-state index in [0.29, 0.717) is 30.8 Å². The van der Waals surface area contributed by atoms with E-state index in [4.69, 9.17) is 10.5 Å². The third-order valence-electron chi connectivity index (χ3n) is 2.75. The van der Waals surface area contributed by atoms with Gasteiger partial charge in [0, 0.05) is 32.1 Å². The summed E-state index contributed by atoms with van der Waals surface area (Å²) in [6, 6.07) is 3.99. The van der Waals surface area contributed by atoms with Gasteiger partial charge in [0.05, 0.1) is 6.61 Å². The van der Waals surface area contributed by atoms with Gasteiger partial charge in [-0.25, -0.2) is 4.39 Å². The average molecular weight is 268 g/mol. The van der Waals surface area contributed by atoms with Gasteiger partial charge in [-0.1, -0.05) is 0 Å². The Labute approximate surface area is 113 Å². The van der Waals surface area contributed by atoms with Crippen LogP contribution in [0.25, 0.3) is 0 Å². The highest BCUT2D eigenvalue weighted by Gasteiger charge is 2.10. The molecule has 1 rings (SSSR count). The summed E-state index contributed by atoms with van der Waals surface area (Å²) in [7, 11) is 3.44. The lowest BCUT2D eigenvalue weighted by molar-refractivity contribution is -0.128. The molecule has 0 radical (unpaired) electrons. The second-order valence-electron chi connectivity index (χ2n) is 4.71. The van der Waals surface area contributed by atoms with Gasteiger partial charge >= 0.3 is 0 Å². The molecule has 0 unspecified atom stereocenters. The molecule has 0 aliphatic carbocycles. The minimum absolute atomic E-state index is 0.0649. The molecule has 0 spiro atoms. The van der Waals surface area contributed by atoms with Gasteiger partial charge in [-0.15, -0.1) is 0 Å². The minimum atomic E-state index is -0.331. The van der Waals surface area contributed by atoms with E-state index in [-0.39, 0.29) is 17.8 Å². The zero-order chi connectivity index (χ0) is 14.4. The Hall–Kier alpha value is -1.62. The van der Waals surface area contributed by atoms with E-state index in [1.807, 2.05) is 0 Å². The molecule has 5 heteroatoms. The normalized spacial score (nSPS) is 12.1. The molecule has 1 amide bonds. The summed E-state index contributed by atoms with van der Waals surface area (Å²) >= 11 is 0. The third-order valence-corrected chi connectivity index (χ3v) is 2.75. The number of carbonyl (C=O) groups excluding carboxylic acids is 1. The molecule has 1 aromatic rings. The Bertz CT molecular complexity index is 433. The maximum Gasteiger partial charge on any atom is 0.222 e. The van der Waals surface area contributed by atoms with Crippen molar-refractivity contribution in [3.05, 3.63) is 29.6 Å². The smallest absolute Gasteiger partial charge is 0.222 e. The Morgan fingerprint density at radius 3 is 2.74 bits per heavy atom. The average Bonchev–Trinajstić information content (AvgIpc) is 2.35. The zero-order valence-corrected chi connectivity index (χ0v) is 11.6. The number of ether oxygens (including phenoxy) is 1. The topological polar surface area (TPSA) is 55.6 Å². The Balaban J connectivity index is 2.52. The lowest BCUT2D eigenvalue weighted by Gasteiger charge is -2.14. The fourth-order valence-corrected chi connectivity index (χ4v) is 1.64. The van der Waals surface area contributed by atoms with Crippen molar-refractivity contribution in [1.29, 1.82) is 0 Å². The second kappa shape index (κ2) is 7.09. The first-order valence-electron chi connectivity index (χ1n) is 6.29. The lowest BCUT2D eigenvalue weighted by Crippen LogP contribution is -2.21. The zero-order valence-electron chi connectivity index (χ0n) is 11.6. The second-order valence-corrected chi connectivity index (χ2v) is 4.71. The van der Waals surface area contributed by atoms with E-state index in [1.54, 1.807) is 32.0 Å². The summed E-state index contributed by atoms with van der Waals surface area (Å²) < 4.78 is 18.7. The van der Waals surface area contributed by atoms with Crippen molar-refractivity contribution in [2.45, 2.75) is 25.8 Å². The number of benzene rings is 1. The molecule has 4 nitrogen and oxygen atoms in total. The predicted octanol–water partition coefficient (Wildman–Crippen LogP) is 2.09. The van der Waals surface area contributed by atoms with Gasteiger partial charge in [0.15, 0.2) is 0 Å². The first-order valence-corrected chi connectivity index (χ1v) is 6.29. The van der Waals surface area contributed by atoms with Crippen molar-refractivity contribution >= 4 is 5.91 Å². The molecule has 0 saturated heterocycles. The molecule has 1 atom stereocenters. The van der Waals surface area contributed by atoms with Crippen molar-refractivity contribution in [2.24, 2.45) is 5.73 Å². The molecular weight excluding hydrogens is 247 g/mol. The van der Waals surface area contributed by atoms with Crippen LogP contribution in [0.3, 0.4) is 0 Å². The van der Waals surface area contributed by atoms with Gasteiger partial charge in [0.25, 0.3) is 0 Å². The van der Waals surface area contributed by atoms with Crippen LogP contribution in [0.2, 0.25) is 0 Å².